The molecule has 0 spiro atoms. The van der Waals surface area contributed by atoms with Crippen molar-refractivity contribution in [3.8, 4) is 0 Å². The van der Waals surface area contributed by atoms with Crippen molar-refractivity contribution in [2.75, 3.05) is 0 Å². The maximum absolute atomic E-state index is 5.41. The van der Waals surface area contributed by atoms with Gasteiger partial charge in [0.2, 0.25) is 0 Å². The molecule has 0 fully saturated rings. The lowest BCUT2D eigenvalue weighted by Crippen LogP contribution is -2.09. The van der Waals surface area contributed by atoms with Gasteiger partial charge >= 0.3 is 0 Å². The van der Waals surface area contributed by atoms with Crippen LogP contribution < -0.4 is 5.73 Å². The minimum absolute atomic E-state index is 0.397. The SMILES string of the molecule is CC(C)n1cnnc1CN. The summed E-state index contributed by atoms with van der Waals surface area (Å²) in [6, 6.07) is 0.397. The van der Waals surface area contributed by atoms with Gasteiger partial charge in [-0.05, 0) is 13.8 Å². The van der Waals surface area contributed by atoms with E-state index in [4.69, 9.17) is 5.73 Å². The second-order valence-corrected chi connectivity index (χ2v) is 2.45. The molecule has 2 N–H and O–H groups in total. The van der Waals surface area contributed by atoms with Crippen molar-refractivity contribution in [3.63, 3.8) is 0 Å². The topological polar surface area (TPSA) is 56.7 Å². The van der Waals surface area contributed by atoms with Gasteiger partial charge in [0.15, 0.2) is 0 Å². The second-order valence-electron chi connectivity index (χ2n) is 2.45. The van der Waals surface area contributed by atoms with Crippen LogP contribution in [0.3, 0.4) is 0 Å². The third-order valence-corrected chi connectivity index (χ3v) is 1.39. The molecule has 0 aromatic carbocycles. The van der Waals surface area contributed by atoms with Gasteiger partial charge in [-0.3, -0.25) is 0 Å². The fourth-order valence-corrected chi connectivity index (χ4v) is 0.844. The predicted molar refractivity (Wildman–Crippen MR) is 38.3 cm³/mol. The summed E-state index contributed by atoms with van der Waals surface area (Å²) in [5.74, 6) is 0.843. The molecular weight excluding hydrogens is 128 g/mol. The van der Waals surface area contributed by atoms with Crippen LogP contribution in [0.15, 0.2) is 6.33 Å². The molecule has 0 radical (unpaired) electrons. The smallest absolute Gasteiger partial charge is 0.146 e. The Morgan fingerprint density at radius 1 is 1.70 bits per heavy atom. The van der Waals surface area contributed by atoms with Crippen LogP contribution in [0.4, 0.5) is 0 Å². The Balaban J connectivity index is 2.90. The number of nitrogens with zero attached hydrogens (tertiary/aromatic N) is 3. The highest BCUT2D eigenvalue weighted by Crippen LogP contribution is 2.04. The molecule has 56 valence electrons. The van der Waals surface area contributed by atoms with Crippen LogP contribution in [0, 0.1) is 0 Å². The Labute approximate surface area is 60.1 Å². The van der Waals surface area contributed by atoms with Gasteiger partial charge in [0, 0.05) is 6.04 Å². The van der Waals surface area contributed by atoms with Crippen LogP contribution in [-0.2, 0) is 6.54 Å². The highest BCUT2D eigenvalue weighted by molar-refractivity contribution is 4.85. The molecule has 1 aromatic rings. The molecule has 1 rings (SSSR count). The van der Waals surface area contributed by atoms with E-state index in [1.165, 1.54) is 0 Å². The van der Waals surface area contributed by atoms with Crippen molar-refractivity contribution in [2.45, 2.75) is 26.4 Å². The quantitative estimate of drug-likeness (QED) is 0.643. The van der Waals surface area contributed by atoms with Gasteiger partial charge in [-0.15, -0.1) is 10.2 Å². The number of rotatable bonds is 2. The third-order valence-electron chi connectivity index (χ3n) is 1.39. The average Bonchev–Trinajstić information content (AvgIpc) is 2.33. The molecule has 0 amide bonds. The van der Waals surface area contributed by atoms with Crippen LogP contribution in [0.5, 0.6) is 0 Å². The van der Waals surface area contributed by atoms with Gasteiger partial charge in [0.25, 0.3) is 0 Å². The third kappa shape index (κ3) is 1.16. The normalized spacial score (nSPS) is 10.8. The lowest BCUT2D eigenvalue weighted by molar-refractivity contribution is 0.568. The first kappa shape index (κ1) is 7.21. The average molecular weight is 140 g/mol. The standard InChI is InChI=1S/C6H12N4/c1-5(2)10-4-8-9-6(10)3-7/h4-5H,3,7H2,1-2H3. The summed E-state index contributed by atoms with van der Waals surface area (Å²) >= 11 is 0. The van der Waals surface area contributed by atoms with E-state index in [2.05, 4.69) is 24.0 Å². The Morgan fingerprint density at radius 3 is 2.80 bits per heavy atom. The molecule has 0 aliphatic rings. The highest BCUT2D eigenvalue weighted by Gasteiger charge is 2.03. The number of hydrogen-bond donors (Lipinski definition) is 1. The summed E-state index contributed by atoms with van der Waals surface area (Å²) in [6.07, 6.45) is 1.70. The van der Waals surface area contributed by atoms with E-state index < -0.39 is 0 Å². The number of hydrogen-bond acceptors (Lipinski definition) is 3. The van der Waals surface area contributed by atoms with E-state index in [1.807, 2.05) is 4.57 Å². The molecule has 0 saturated heterocycles. The van der Waals surface area contributed by atoms with Gasteiger partial charge < -0.3 is 10.3 Å². The van der Waals surface area contributed by atoms with Gasteiger partial charge in [-0.25, -0.2) is 0 Å². The maximum Gasteiger partial charge on any atom is 0.146 e. The van der Waals surface area contributed by atoms with Crippen LogP contribution in [-0.4, -0.2) is 14.8 Å². The first-order valence-corrected chi connectivity index (χ1v) is 3.34. The molecule has 4 nitrogen and oxygen atoms in total. The van der Waals surface area contributed by atoms with E-state index in [0.29, 0.717) is 12.6 Å². The van der Waals surface area contributed by atoms with Crippen molar-refractivity contribution in [1.29, 1.82) is 0 Å². The highest BCUT2D eigenvalue weighted by atomic mass is 15.3. The molecule has 1 aromatic heterocycles. The zero-order valence-corrected chi connectivity index (χ0v) is 6.28. The first-order valence-electron chi connectivity index (χ1n) is 3.34. The molecule has 10 heavy (non-hydrogen) atoms. The molecule has 4 heteroatoms. The van der Waals surface area contributed by atoms with Crippen molar-refractivity contribution in [2.24, 2.45) is 5.73 Å². The zero-order valence-electron chi connectivity index (χ0n) is 6.28. The summed E-state index contributed by atoms with van der Waals surface area (Å²) in [6.45, 7) is 4.60. The van der Waals surface area contributed by atoms with E-state index in [0.717, 1.165) is 5.82 Å². The molecule has 0 unspecified atom stereocenters. The molecule has 0 bridgehead atoms. The number of nitrogens with two attached hydrogens (primary N) is 1. The Bertz CT molecular complexity index is 203. The van der Waals surface area contributed by atoms with Crippen LogP contribution >= 0.6 is 0 Å². The largest absolute Gasteiger partial charge is 0.324 e. The fraction of sp³-hybridized carbons (Fsp3) is 0.667. The summed E-state index contributed by atoms with van der Waals surface area (Å²) in [5, 5.41) is 7.59. The predicted octanol–water partition coefficient (Wildman–Crippen LogP) is 0.318. The molecule has 0 aliphatic carbocycles. The second kappa shape index (κ2) is 2.79. The minimum Gasteiger partial charge on any atom is -0.324 e. The Kier molecular flexibility index (Phi) is 2.01. The van der Waals surface area contributed by atoms with E-state index in [9.17, 15) is 0 Å². The van der Waals surface area contributed by atoms with Gasteiger partial charge in [-0.1, -0.05) is 0 Å². The van der Waals surface area contributed by atoms with Crippen LogP contribution in [0.2, 0.25) is 0 Å². The van der Waals surface area contributed by atoms with Gasteiger partial charge in [0.1, 0.15) is 12.2 Å². The molecule has 0 atom stereocenters. The van der Waals surface area contributed by atoms with E-state index >= 15 is 0 Å². The Morgan fingerprint density at radius 2 is 2.40 bits per heavy atom. The van der Waals surface area contributed by atoms with Gasteiger partial charge in [0.05, 0.1) is 6.54 Å². The first-order chi connectivity index (χ1) is 4.75. The van der Waals surface area contributed by atoms with E-state index in [-0.39, 0.29) is 0 Å². The molecular formula is C6H12N4. The fourth-order valence-electron chi connectivity index (χ4n) is 0.844. The monoisotopic (exact) mass is 140 g/mol. The minimum atomic E-state index is 0.397. The molecule has 1 heterocycles. The number of aromatic nitrogens is 3. The van der Waals surface area contributed by atoms with Crippen molar-refractivity contribution in [3.05, 3.63) is 12.2 Å². The molecule has 0 saturated carbocycles. The van der Waals surface area contributed by atoms with Gasteiger partial charge in [-0.2, -0.15) is 0 Å². The lowest BCUT2D eigenvalue weighted by atomic mass is 10.4. The molecule has 0 aliphatic heterocycles. The lowest BCUT2D eigenvalue weighted by Gasteiger charge is -2.07. The summed E-state index contributed by atoms with van der Waals surface area (Å²) in [4.78, 5) is 0. The zero-order chi connectivity index (χ0) is 7.56. The van der Waals surface area contributed by atoms with Crippen LogP contribution in [0.25, 0.3) is 0 Å². The Hall–Kier alpha value is -0.900. The van der Waals surface area contributed by atoms with Crippen molar-refractivity contribution in [1.82, 2.24) is 14.8 Å². The van der Waals surface area contributed by atoms with E-state index in [1.54, 1.807) is 6.33 Å². The van der Waals surface area contributed by atoms with Crippen LogP contribution in [0.1, 0.15) is 25.7 Å². The maximum atomic E-state index is 5.41. The van der Waals surface area contributed by atoms with Crippen molar-refractivity contribution < 1.29 is 0 Å². The van der Waals surface area contributed by atoms with Crippen molar-refractivity contribution >= 4 is 0 Å². The summed E-state index contributed by atoms with van der Waals surface area (Å²) in [5.41, 5.74) is 5.41. The summed E-state index contributed by atoms with van der Waals surface area (Å²) in [7, 11) is 0. The summed E-state index contributed by atoms with van der Waals surface area (Å²) < 4.78 is 1.96.